The Morgan fingerprint density at radius 2 is 2.60 bits per heavy atom. The number of ether oxygens (including phenoxy) is 1. The van der Waals surface area contributed by atoms with Crippen LogP contribution in [0.4, 0.5) is 0 Å². The van der Waals surface area contributed by atoms with Gasteiger partial charge in [-0.2, -0.15) is 0 Å². The van der Waals surface area contributed by atoms with Crippen molar-refractivity contribution in [3.05, 3.63) is 15.5 Å². The Morgan fingerprint density at radius 1 is 1.90 bits per heavy atom. The molecule has 1 aromatic rings. The summed E-state index contributed by atoms with van der Waals surface area (Å²) in [5.74, 6) is 0.0185. The molecular weight excluding hydrogens is 189 g/mol. The van der Waals surface area contributed by atoms with Crippen LogP contribution in [0.3, 0.4) is 0 Å². The Kier molecular flexibility index (Phi) is 3.05. The van der Waals surface area contributed by atoms with Crippen LogP contribution in [0.2, 0.25) is 4.47 Å². The Balaban J connectivity index is 2.74. The van der Waals surface area contributed by atoms with Gasteiger partial charge in [0.1, 0.15) is 5.85 Å². The van der Waals surface area contributed by atoms with E-state index >= 15 is 0 Å². The normalized spacial score (nSPS) is 13.5. The van der Waals surface area contributed by atoms with Gasteiger partial charge in [-0.1, -0.05) is 11.6 Å². The summed E-state index contributed by atoms with van der Waals surface area (Å²) < 4.78 is 5.58. The van der Waals surface area contributed by atoms with Gasteiger partial charge in [0.15, 0.2) is 4.47 Å². The molecule has 2 nitrogen and oxygen atoms in total. The maximum Gasteiger partial charge on any atom is 0.183 e. The van der Waals surface area contributed by atoms with Gasteiger partial charge in [0.25, 0.3) is 0 Å². The zero-order valence-electron chi connectivity index (χ0n) is 5.37. The third-order valence-electron chi connectivity index (χ3n) is 1.03. The molecule has 0 fully saturated rings. The predicted molar refractivity (Wildman–Crippen MR) is 46.6 cm³/mol. The number of halogens is 1. The number of thiazole rings is 1. The molecule has 2 unspecified atom stereocenters. The number of hydrogen-bond acceptors (Lipinski definition) is 3. The van der Waals surface area contributed by atoms with Crippen LogP contribution in [0, 0.1) is 0 Å². The Bertz CT molecular complexity index is 217. The molecule has 0 aliphatic heterocycles. The Labute approximate surface area is 70.8 Å². The second-order valence-electron chi connectivity index (χ2n) is 1.67. The van der Waals surface area contributed by atoms with Crippen LogP contribution < -0.4 is 0 Å². The molecule has 56 valence electrons. The molecule has 0 aromatic carbocycles. The second-order valence-corrected chi connectivity index (χ2v) is 3.92. The van der Waals surface area contributed by atoms with Crippen molar-refractivity contribution in [2.24, 2.45) is 0 Å². The van der Waals surface area contributed by atoms with Gasteiger partial charge in [-0.3, -0.25) is 0 Å². The number of methoxy groups -OCH3 is 1. The van der Waals surface area contributed by atoms with E-state index in [0.717, 1.165) is 4.88 Å². The van der Waals surface area contributed by atoms with Gasteiger partial charge >= 0.3 is 0 Å². The zero-order chi connectivity index (χ0) is 7.56. The quantitative estimate of drug-likeness (QED) is 0.676. The van der Waals surface area contributed by atoms with Gasteiger partial charge < -0.3 is 4.74 Å². The lowest BCUT2D eigenvalue weighted by molar-refractivity contribution is 0.177. The van der Waals surface area contributed by atoms with Crippen molar-refractivity contribution >= 4 is 32.2 Å². The van der Waals surface area contributed by atoms with Crippen LogP contribution in [0.1, 0.15) is 10.7 Å². The molecule has 0 N–H and O–H groups in total. The molecular formula is C5H7ClNOPS. The average Bonchev–Trinajstić information content (AvgIpc) is 2.34. The summed E-state index contributed by atoms with van der Waals surface area (Å²) in [4.78, 5) is 4.90. The predicted octanol–water partition coefficient (Wildman–Crippen LogP) is 2.32. The van der Waals surface area contributed by atoms with Crippen LogP contribution in [-0.2, 0) is 4.74 Å². The van der Waals surface area contributed by atoms with Crippen molar-refractivity contribution in [2.75, 3.05) is 7.11 Å². The number of rotatable bonds is 2. The molecule has 5 heteroatoms. The highest BCUT2D eigenvalue weighted by molar-refractivity contribution is 7.21. The minimum atomic E-state index is 0.0185. The van der Waals surface area contributed by atoms with Crippen LogP contribution >= 0.6 is 32.2 Å². The topological polar surface area (TPSA) is 22.1 Å². The van der Waals surface area contributed by atoms with Gasteiger partial charge in [0.05, 0.1) is 4.88 Å². The van der Waals surface area contributed by atoms with E-state index in [0.29, 0.717) is 4.47 Å². The van der Waals surface area contributed by atoms with Crippen LogP contribution in [0.5, 0.6) is 0 Å². The fraction of sp³-hybridized carbons (Fsp3) is 0.400. The van der Waals surface area contributed by atoms with Crippen molar-refractivity contribution in [1.29, 1.82) is 0 Å². The third-order valence-corrected chi connectivity index (χ3v) is 3.08. The van der Waals surface area contributed by atoms with E-state index in [-0.39, 0.29) is 5.85 Å². The van der Waals surface area contributed by atoms with Gasteiger partial charge in [-0.05, 0) is 0 Å². The van der Waals surface area contributed by atoms with E-state index in [2.05, 4.69) is 14.2 Å². The van der Waals surface area contributed by atoms with E-state index in [1.54, 1.807) is 13.3 Å². The van der Waals surface area contributed by atoms with Gasteiger partial charge in [0, 0.05) is 13.3 Å². The average molecular weight is 196 g/mol. The first kappa shape index (κ1) is 8.41. The Hall–Kier alpha value is 0.310. The second kappa shape index (κ2) is 3.63. The van der Waals surface area contributed by atoms with Gasteiger partial charge in [-0.25, -0.2) is 4.98 Å². The summed E-state index contributed by atoms with van der Waals surface area (Å²) in [7, 11) is 4.20. The summed E-state index contributed by atoms with van der Waals surface area (Å²) in [6.07, 6.45) is 1.72. The Morgan fingerprint density at radius 3 is 3.00 bits per heavy atom. The highest BCUT2D eigenvalue weighted by Gasteiger charge is 2.06. The lowest BCUT2D eigenvalue weighted by atomic mass is 10.6. The maximum absolute atomic E-state index is 5.60. The molecule has 1 rings (SSSR count). The minimum Gasteiger partial charge on any atom is -0.372 e. The molecule has 1 aromatic heterocycles. The molecule has 0 bridgehead atoms. The fourth-order valence-electron chi connectivity index (χ4n) is 0.512. The summed E-state index contributed by atoms with van der Waals surface area (Å²) in [5, 5.41) is 0. The first-order valence-corrected chi connectivity index (χ1v) is 4.49. The largest absolute Gasteiger partial charge is 0.372 e. The number of aromatic nitrogens is 1. The molecule has 2 atom stereocenters. The first-order chi connectivity index (χ1) is 4.74. The number of hydrogen-bond donors (Lipinski definition) is 0. The first-order valence-electron chi connectivity index (χ1n) is 2.63. The maximum atomic E-state index is 5.60. The summed E-state index contributed by atoms with van der Waals surface area (Å²) in [6, 6.07) is 0. The molecule has 0 amide bonds. The molecule has 0 aliphatic rings. The monoisotopic (exact) mass is 195 g/mol. The van der Waals surface area contributed by atoms with Crippen molar-refractivity contribution < 1.29 is 4.74 Å². The highest BCUT2D eigenvalue weighted by Crippen LogP contribution is 2.30. The lowest BCUT2D eigenvalue weighted by Gasteiger charge is -2.03. The summed E-state index contributed by atoms with van der Waals surface area (Å²) in [5.41, 5.74) is 0. The SMILES string of the molecule is COC(P)c1cnc(Cl)s1. The van der Waals surface area contributed by atoms with Crippen molar-refractivity contribution in [3.8, 4) is 0 Å². The smallest absolute Gasteiger partial charge is 0.183 e. The summed E-state index contributed by atoms with van der Waals surface area (Å²) >= 11 is 7.03. The van der Waals surface area contributed by atoms with E-state index in [4.69, 9.17) is 16.3 Å². The fourth-order valence-corrected chi connectivity index (χ4v) is 1.74. The number of nitrogens with zero attached hydrogens (tertiary/aromatic N) is 1. The molecule has 0 saturated heterocycles. The van der Waals surface area contributed by atoms with E-state index in [9.17, 15) is 0 Å². The molecule has 0 saturated carbocycles. The molecule has 0 radical (unpaired) electrons. The van der Waals surface area contributed by atoms with Crippen molar-refractivity contribution in [3.63, 3.8) is 0 Å². The van der Waals surface area contributed by atoms with Crippen molar-refractivity contribution in [2.45, 2.75) is 5.85 Å². The van der Waals surface area contributed by atoms with E-state index in [1.165, 1.54) is 11.3 Å². The van der Waals surface area contributed by atoms with E-state index in [1.807, 2.05) is 0 Å². The molecule has 1 heterocycles. The van der Waals surface area contributed by atoms with Crippen LogP contribution in [0.25, 0.3) is 0 Å². The molecule has 0 spiro atoms. The standard InChI is InChI=1S/C5H7ClNOPS/c1-8-4(9)3-2-7-5(6)10-3/h2,4H,9H2,1H3. The van der Waals surface area contributed by atoms with Crippen LogP contribution in [0.15, 0.2) is 6.20 Å². The van der Waals surface area contributed by atoms with Crippen molar-refractivity contribution in [1.82, 2.24) is 4.98 Å². The molecule has 10 heavy (non-hydrogen) atoms. The van der Waals surface area contributed by atoms with Gasteiger partial charge in [0.2, 0.25) is 0 Å². The zero-order valence-corrected chi connectivity index (χ0v) is 8.10. The van der Waals surface area contributed by atoms with Gasteiger partial charge in [-0.15, -0.1) is 20.6 Å². The minimum absolute atomic E-state index is 0.0185. The van der Waals surface area contributed by atoms with E-state index < -0.39 is 0 Å². The van der Waals surface area contributed by atoms with Crippen LogP contribution in [-0.4, -0.2) is 12.1 Å². The molecule has 0 aliphatic carbocycles. The lowest BCUT2D eigenvalue weighted by Crippen LogP contribution is -1.86. The summed E-state index contributed by atoms with van der Waals surface area (Å²) in [6.45, 7) is 0. The third kappa shape index (κ3) is 1.89. The highest BCUT2D eigenvalue weighted by atomic mass is 35.5.